The lowest BCUT2D eigenvalue weighted by atomic mass is 10.1. The fourth-order valence-corrected chi connectivity index (χ4v) is 2.15. The van der Waals surface area contributed by atoms with Gasteiger partial charge in [-0.25, -0.2) is 0 Å². The normalized spacial score (nSPS) is 11.1. The summed E-state index contributed by atoms with van der Waals surface area (Å²) in [6.07, 6.45) is 3.51. The Morgan fingerprint density at radius 1 is 1.29 bits per heavy atom. The SMILES string of the molecule is O=C(O)Cc1cccc2c1[nH]c1cnccc12. The molecule has 84 valence electrons. The molecule has 0 bridgehead atoms. The highest BCUT2D eigenvalue weighted by atomic mass is 16.4. The minimum atomic E-state index is -0.825. The van der Waals surface area contributed by atoms with E-state index in [4.69, 9.17) is 5.11 Å². The van der Waals surface area contributed by atoms with Crippen LogP contribution >= 0.6 is 0 Å². The number of nitrogens with zero attached hydrogens (tertiary/aromatic N) is 1. The van der Waals surface area contributed by atoms with Gasteiger partial charge in [0.2, 0.25) is 0 Å². The summed E-state index contributed by atoms with van der Waals surface area (Å²) < 4.78 is 0. The lowest BCUT2D eigenvalue weighted by Crippen LogP contribution is -2.00. The van der Waals surface area contributed by atoms with Crippen LogP contribution in [0, 0.1) is 0 Å². The van der Waals surface area contributed by atoms with Crippen molar-refractivity contribution >= 4 is 27.8 Å². The second-order valence-corrected chi connectivity index (χ2v) is 3.96. The molecule has 0 fully saturated rings. The summed E-state index contributed by atoms with van der Waals surface area (Å²) in [4.78, 5) is 18.1. The fraction of sp³-hybridized carbons (Fsp3) is 0.0769. The quantitative estimate of drug-likeness (QED) is 0.704. The highest BCUT2D eigenvalue weighted by Crippen LogP contribution is 2.27. The molecule has 4 nitrogen and oxygen atoms in total. The molecule has 2 aromatic heterocycles. The number of benzene rings is 1. The van der Waals surface area contributed by atoms with E-state index in [0.29, 0.717) is 0 Å². The number of rotatable bonds is 2. The van der Waals surface area contributed by atoms with Crippen LogP contribution < -0.4 is 0 Å². The van der Waals surface area contributed by atoms with Gasteiger partial charge in [-0.15, -0.1) is 0 Å². The molecule has 4 heteroatoms. The van der Waals surface area contributed by atoms with E-state index in [1.165, 1.54) is 0 Å². The first kappa shape index (κ1) is 9.84. The maximum atomic E-state index is 10.8. The summed E-state index contributed by atoms with van der Waals surface area (Å²) in [6.45, 7) is 0. The van der Waals surface area contributed by atoms with E-state index in [0.717, 1.165) is 27.4 Å². The second-order valence-electron chi connectivity index (χ2n) is 3.96. The lowest BCUT2D eigenvalue weighted by molar-refractivity contribution is -0.136. The third-order valence-corrected chi connectivity index (χ3v) is 2.86. The zero-order valence-corrected chi connectivity index (χ0v) is 8.97. The molecule has 0 aliphatic rings. The number of nitrogens with one attached hydrogen (secondary N) is 1. The van der Waals surface area contributed by atoms with E-state index < -0.39 is 5.97 Å². The topological polar surface area (TPSA) is 66.0 Å². The molecule has 0 amide bonds. The molecule has 0 saturated heterocycles. The number of carboxylic acid groups (broad SMARTS) is 1. The summed E-state index contributed by atoms with van der Waals surface area (Å²) >= 11 is 0. The van der Waals surface area contributed by atoms with Crippen LogP contribution in [0.1, 0.15) is 5.56 Å². The first-order valence-electron chi connectivity index (χ1n) is 5.31. The van der Waals surface area contributed by atoms with Gasteiger partial charge in [0, 0.05) is 17.0 Å². The third kappa shape index (κ3) is 1.54. The van der Waals surface area contributed by atoms with Crippen LogP contribution in [-0.2, 0) is 11.2 Å². The predicted molar refractivity (Wildman–Crippen MR) is 64.9 cm³/mol. The molecule has 3 rings (SSSR count). The van der Waals surface area contributed by atoms with Gasteiger partial charge in [0.25, 0.3) is 0 Å². The molecule has 0 aliphatic heterocycles. The molecule has 3 aromatic rings. The number of aromatic amines is 1. The van der Waals surface area contributed by atoms with Gasteiger partial charge in [0.1, 0.15) is 0 Å². The lowest BCUT2D eigenvalue weighted by Gasteiger charge is -1.98. The van der Waals surface area contributed by atoms with Crippen molar-refractivity contribution in [3.63, 3.8) is 0 Å². The number of para-hydroxylation sites is 1. The zero-order chi connectivity index (χ0) is 11.8. The number of carbonyl (C=O) groups is 1. The average molecular weight is 226 g/mol. The Hall–Kier alpha value is -2.36. The molecular formula is C13H10N2O2. The van der Waals surface area contributed by atoms with Crippen molar-refractivity contribution in [3.05, 3.63) is 42.2 Å². The maximum absolute atomic E-state index is 10.8. The van der Waals surface area contributed by atoms with Crippen LogP contribution in [0.5, 0.6) is 0 Å². The number of fused-ring (bicyclic) bond motifs is 3. The van der Waals surface area contributed by atoms with Crippen LogP contribution in [0.4, 0.5) is 0 Å². The van der Waals surface area contributed by atoms with Crippen molar-refractivity contribution in [3.8, 4) is 0 Å². The minimum absolute atomic E-state index is 0.0254. The van der Waals surface area contributed by atoms with Crippen LogP contribution in [0.2, 0.25) is 0 Å². The Labute approximate surface area is 96.9 Å². The van der Waals surface area contributed by atoms with E-state index in [9.17, 15) is 4.79 Å². The van der Waals surface area contributed by atoms with Gasteiger partial charge in [-0.1, -0.05) is 18.2 Å². The van der Waals surface area contributed by atoms with Crippen molar-refractivity contribution in [1.82, 2.24) is 9.97 Å². The minimum Gasteiger partial charge on any atom is -0.481 e. The summed E-state index contributed by atoms with van der Waals surface area (Å²) in [7, 11) is 0. The Balaban J connectivity index is 2.35. The number of hydrogen-bond donors (Lipinski definition) is 2. The van der Waals surface area contributed by atoms with Crippen LogP contribution in [0.3, 0.4) is 0 Å². The molecule has 0 radical (unpaired) electrons. The van der Waals surface area contributed by atoms with Gasteiger partial charge in [-0.3, -0.25) is 9.78 Å². The summed E-state index contributed by atoms with van der Waals surface area (Å²) in [5.41, 5.74) is 2.62. The van der Waals surface area contributed by atoms with Gasteiger partial charge in [0.05, 0.1) is 23.7 Å². The molecule has 1 aromatic carbocycles. The van der Waals surface area contributed by atoms with Crippen molar-refractivity contribution in [2.24, 2.45) is 0 Å². The Bertz CT molecular complexity index is 716. The molecule has 0 saturated carbocycles. The van der Waals surface area contributed by atoms with Gasteiger partial charge in [-0.05, 0) is 11.6 Å². The smallest absolute Gasteiger partial charge is 0.307 e. The molecule has 17 heavy (non-hydrogen) atoms. The molecule has 0 unspecified atom stereocenters. The molecule has 2 N–H and O–H groups in total. The van der Waals surface area contributed by atoms with E-state index >= 15 is 0 Å². The molecule has 0 atom stereocenters. The van der Waals surface area contributed by atoms with Crippen LogP contribution in [-0.4, -0.2) is 21.0 Å². The number of pyridine rings is 1. The molecular weight excluding hydrogens is 216 g/mol. The maximum Gasteiger partial charge on any atom is 0.307 e. The Morgan fingerprint density at radius 3 is 3.00 bits per heavy atom. The van der Waals surface area contributed by atoms with Gasteiger partial charge in [-0.2, -0.15) is 0 Å². The van der Waals surface area contributed by atoms with Crippen molar-refractivity contribution < 1.29 is 9.90 Å². The average Bonchev–Trinajstić information content (AvgIpc) is 2.68. The standard InChI is InChI=1S/C13H10N2O2/c16-12(17)6-8-2-1-3-10-9-4-5-14-7-11(9)15-13(8)10/h1-5,7,15H,6H2,(H,16,17). The van der Waals surface area contributed by atoms with Gasteiger partial charge >= 0.3 is 5.97 Å². The summed E-state index contributed by atoms with van der Waals surface area (Å²) in [6, 6.07) is 7.63. The Morgan fingerprint density at radius 2 is 2.18 bits per heavy atom. The number of carboxylic acids is 1. The van der Waals surface area contributed by atoms with E-state index in [1.54, 1.807) is 12.4 Å². The van der Waals surface area contributed by atoms with Crippen LogP contribution in [0.25, 0.3) is 21.8 Å². The first-order valence-corrected chi connectivity index (χ1v) is 5.31. The van der Waals surface area contributed by atoms with Gasteiger partial charge < -0.3 is 10.1 Å². The molecule has 0 spiro atoms. The second kappa shape index (κ2) is 3.59. The zero-order valence-electron chi connectivity index (χ0n) is 8.97. The van der Waals surface area contributed by atoms with E-state index in [2.05, 4.69) is 9.97 Å². The predicted octanol–water partition coefficient (Wildman–Crippen LogP) is 2.34. The van der Waals surface area contributed by atoms with Crippen LogP contribution in [0.15, 0.2) is 36.7 Å². The van der Waals surface area contributed by atoms with Gasteiger partial charge in [0.15, 0.2) is 0 Å². The monoisotopic (exact) mass is 226 g/mol. The van der Waals surface area contributed by atoms with Crippen molar-refractivity contribution in [2.75, 3.05) is 0 Å². The Kier molecular flexibility index (Phi) is 2.08. The fourth-order valence-electron chi connectivity index (χ4n) is 2.15. The molecule has 2 heterocycles. The number of hydrogen-bond acceptors (Lipinski definition) is 2. The summed E-state index contributed by atoms with van der Waals surface area (Å²) in [5, 5.41) is 11.0. The van der Waals surface area contributed by atoms with E-state index in [-0.39, 0.29) is 6.42 Å². The highest BCUT2D eigenvalue weighted by Gasteiger charge is 2.09. The van der Waals surface area contributed by atoms with Crippen molar-refractivity contribution in [2.45, 2.75) is 6.42 Å². The largest absolute Gasteiger partial charge is 0.481 e. The number of H-pyrrole nitrogens is 1. The van der Waals surface area contributed by atoms with Crippen molar-refractivity contribution in [1.29, 1.82) is 0 Å². The highest BCUT2D eigenvalue weighted by molar-refractivity contribution is 6.08. The van der Waals surface area contributed by atoms with E-state index in [1.807, 2.05) is 24.3 Å². The summed E-state index contributed by atoms with van der Waals surface area (Å²) in [5.74, 6) is -0.825. The number of aliphatic carboxylic acids is 1. The number of aromatic nitrogens is 2. The first-order chi connectivity index (χ1) is 8.25. The third-order valence-electron chi connectivity index (χ3n) is 2.86. The molecule has 0 aliphatic carbocycles.